The quantitative estimate of drug-likeness (QED) is 0.190. The van der Waals surface area contributed by atoms with Crippen molar-refractivity contribution >= 4 is 11.6 Å². The highest BCUT2D eigenvalue weighted by Crippen LogP contribution is 2.22. The molecule has 4 heteroatoms. The highest BCUT2D eigenvalue weighted by molar-refractivity contribution is 6.09. The predicted octanol–water partition coefficient (Wildman–Crippen LogP) is 7.31. The van der Waals surface area contributed by atoms with Gasteiger partial charge in [-0.1, -0.05) is 115 Å². The van der Waals surface area contributed by atoms with Crippen LogP contribution in [0.3, 0.4) is 0 Å². The van der Waals surface area contributed by atoms with Crippen molar-refractivity contribution < 1.29 is 19.1 Å². The van der Waals surface area contributed by atoms with Gasteiger partial charge in [0.1, 0.15) is 24.7 Å². The maximum absolute atomic E-state index is 12.6. The van der Waals surface area contributed by atoms with Crippen LogP contribution in [0.25, 0.3) is 0 Å². The lowest BCUT2D eigenvalue weighted by Crippen LogP contribution is -2.02. The van der Waals surface area contributed by atoms with E-state index >= 15 is 0 Å². The Morgan fingerprint density at radius 2 is 0.789 bits per heavy atom. The Morgan fingerprint density at radius 1 is 0.421 bits per heavy atom. The number of carbonyl (C=O) groups excluding carboxylic acids is 2. The molecule has 0 spiro atoms. The molecule has 0 saturated carbocycles. The number of carbonyl (C=O) groups is 2. The summed E-state index contributed by atoms with van der Waals surface area (Å²) in [6.45, 7) is 0.750. The SMILES string of the molecule is O=C(c1ccccc1)c1ccc(COc2cccc(OCc3ccc(C(=O)c4ccccc4)cc3)c2)cc1. The van der Waals surface area contributed by atoms with Crippen LogP contribution in [0, 0.1) is 0 Å². The van der Waals surface area contributed by atoms with Crippen LogP contribution in [0.1, 0.15) is 43.0 Å². The molecule has 5 aromatic rings. The van der Waals surface area contributed by atoms with Crippen molar-refractivity contribution in [2.24, 2.45) is 0 Å². The van der Waals surface area contributed by atoms with Gasteiger partial charge in [0.15, 0.2) is 11.6 Å². The molecule has 0 saturated heterocycles. The Labute approximate surface area is 222 Å². The zero-order valence-corrected chi connectivity index (χ0v) is 20.7. The van der Waals surface area contributed by atoms with Crippen LogP contribution in [0.5, 0.6) is 11.5 Å². The zero-order chi connectivity index (χ0) is 26.2. The normalized spacial score (nSPS) is 10.5. The molecule has 0 amide bonds. The lowest BCUT2D eigenvalue weighted by molar-refractivity contribution is 0.103. The Morgan fingerprint density at radius 3 is 1.18 bits per heavy atom. The molecule has 5 rings (SSSR count). The smallest absolute Gasteiger partial charge is 0.193 e. The third kappa shape index (κ3) is 6.23. The molecule has 0 radical (unpaired) electrons. The predicted molar refractivity (Wildman–Crippen MR) is 148 cm³/mol. The summed E-state index contributed by atoms with van der Waals surface area (Å²) < 4.78 is 11.9. The maximum Gasteiger partial charge on any atom is 0.193 e. The number of benzene rings is 5. The van der Waals surface area contributed by atoms with E-state index in [-0.39, 0.29) is 11.6 Å². The summed E-state index contributed by atoms with van der Waals surface area (Å²) in [6, 6.07) is 40.9. The van der Waals surface area contributed by atoms with Crippen molar-refractivity contribution in [3.05, 3.63) is 167 Å². The molecule has 0 aliphatic heterocycles. The molecule has 0 heterocycles. The molecule has 0 atom stereocenters. The third-order valence-corrected chi connectivity index (χ3v) is 6.12. The molecule has 186 valence electrons. The fourth-order valence-corrected chi connectivity index (χ4v) is 4.00. The van der Waals surface area contributed by atoms with E-state index < -0.39 is 0 Å². The number of ketones is 2. The largest absolute Gasteiger partial charge is 0.489 e. The first-order valence-corrected chi connectivity index (χ1v) is 12.4. The Hall–Kier alpha value is -4.96. The molecule has 0 N–H and O–H groups in total. The first kappa shape index (κ1) is 24.7. The fourth-order valence-electron chi connectivity index (χ4n) is 4.00. The van der Waals surface area contributed by atoms with Crippen molar-refractivity contribution in [2.45, 2.75) is 13.2 Å². The van der Waals surface area contributed by atoms with E-state index in [1.807, 2.05) is 133 Å². The van der Waals surface area contributed by atoms with Crippen molar-refractivity contribution in [3.8, 4) is 11.5 Å². The van der Waals surface area contributed by atoms with E-state index in [0.29, 0.717) is 47.0 Å². The molecule has 5 aromatic carbocycles. The summed E-state index contributed by atoms with van der Waals surface area (Å²) in [6.07, 6.45) is 0. The number of ether oxygens (including phenoxy) is 2. The average Bonchev–Trinajstić information content (AvgIpc) is 3.00. The van der Waals surface area contributed by atoms with Crippen LogP contribution in [0.2, 0.25) is 0 Å². The molecular weight excluding hydrogens is 472 g/mol. The van der Waals surface area contributed by atoms with E-state index in [2.05, 4.69) is 0 Å². The zero-order valence-electron chi connectivity index (χ0n) is 20.7. The molecule has 0 aromatic heterocycles. The second-order valence-corrected chi connectivity index (χ2v) is 8.84. The summed E-state index contributed by atoms with van der Waals surface area (Å²) in [5.74, 6) is 1.38. The second kappa shape index (κ2) is 11.8. The van der Waals surface area contributed by atoms with Gasteiger partial charge < -0.3 is 9.47 Å². The van der Waals surface area contributed by atoms with Gasteiger partial charge in [-0.2, -0.15) is 0 Å². The Bertz CT molecular complexity index is 1390. The van der Waals surface area contributed by atoms with Crippen molar-refractivity contribution in [2.75, 3.05) is 0 Å². The Balaban J connectivity index is 1.14. The van der Waals surface area contributed by atoms with Crippen molar-refractivity contribution in [1.29, 1.82) is 0 Å². The lowest BCUT2D eigenvalue weighted by atomic mass is 10.0. The fraction of sp³-hybridized carbons (Fsp3) is 0.0588. The van der Waals surface area contributed by atoms with Gasteiger partial charge in [0, 0.05) is 28.3 Å². The first-order chi connectivity index (χ1) is 18.7. The average molecular weight is 499 g/mol. The molecule has 0 aliphatic rings. The minimum Gasteiger partial charge on any atom is -0.489 e. The van der Waals surface area contributed by atoms with Gasteiger partial charge in [-0.05, 0) is 23.3 Å². The molecule has 38 heavy (non-hydrogen) atoms. The van der Waals surface area contributed by atoms with Crippen LogP contribution >= 0.6 is 0 Å². The number of rotatable bonds is 10. The number of hydrogen-bond acceptors (Lipinski definition) is 4. The topological polar surface area (TPSA) is 52.6 Å². The van der Waals surface area contributed by atoms with Gasteiger partial charge >= 0.3 is 0 Å². The molecule has 0 fully saturated rings. The lowest BCUT2D eigenvalue weighted by Gasteiger charge is -2.10. The summed E-state index contributed by atoms with van der Waals surface area (Å²) >= 11 is 0. The van der Waals surface area contributed by atoms with E-state index in [1.54, 1.807) is 0 Å². The van der Waals surface area contributed by atoms with Gasteiger partial charge in [0.05, 0.1) is 0 Å². The summed E-state index contributed by atoms with van der Waals surface area (Å²) in [5.41, 5.74) is 4.56. The minimum absolute atomic E-state index is 0.000326. The van der Waals surface area contributed by atoms with Crippen LogP contribution in [-0.4, -0.2) is 11.6 Å². The van der Waals surface area contributed by atoms with Crippen LogP contribution in [0.15, 0.2) is 133 Å². The standard InChI is InChI=1S/C34H26O4/c35-33(27-8-3-1-4-9-27)29-18-14-25(15-19-29)23-37-31-12-7-13-32(22-31)38-24-26-16-20-30(21-17-26)34(36)28-10-5-2-6-11-28/h1-22H,23-24H2. The molecule has 0 bridgehead atoms. The molecule has 0 aliphatic carbocycles. The molecular formula is C34H26O4. The van der Waals surface area contributed by atoms with Crippen LogP contribution in [0.4, 0.5) is 0 Å². The summed E-state index contributed by atoms with van der Waals surface area (Å²) in [5, 5.41) is 0. The maximum atomic E-state index is 12.6. The summed E-state index contributed by atoms with van der Waals surface area (Å²) in [7, 11) is 0. The first-order valence-electron chi connectivity index (χ1n) is 12.4. The third-order valence-electron chi connectivity index (χ3n) is 6.12. The highest BCUT2D eigenvalue weighted by Gasteiger charge is 2.10. The summed E-state index contributed by atoms with van der Waals surface area (Å²) in [4.78, 5) is 25.2. The van der Waals surface area contributed by atoms with Crippen molar-refractivity contribution in [1.82, 2.24) is 0 Å². The highest BCUT2D eigenvalue weighted by atomic mass is 16.5. The second-order valence-electron chi connectivity index (χ2n) is 8.84. The van der Waals surface area contributed by atoms with Gasteiger partial charge in [0.25, 0.3) is 0 Å². The monoisotopic (exact) mass is 498 g/mol. The van der Waals surface area contributed by atoms with E-state index in [4.69, 9.17) is 9.47 Å². The van der Waals surface area contributed by atoms with Crippen LogP contribution < -0.4 is 9.47 Å². The van der Waals surface area contributed by atoms with Gasteiger partial charge in [-0.15, -0.1) is 0 Å². The minimum atomic E-state index is 0.000326. The molecule has 4 nitrogen and oxygen atoms in total. The Kier molecular flexibility index (Phi) is 7.71. The van der Waals surface area contributed by atoms with Gasteiger partial charge in [-0.25, -0.2) is 0 Å². The van der Waals surface area contributed by atoms with Gasteiger partial charge in [-0.3, -0.25) is 9.59 Å². The van der Waals surface area contributed by atoms with Crippen LogP contribution in [-0.2, 0) is 13.2 Å². The number of hydrogen-bond donors (Lipinski definition) is 0. The van der Waals surface area contributed by atoms with E-state index in [0.717, 1.165) is 11.1 Å². The molecule has 0 unspecified atom stereocenters. The van der Waals surface area contributed by atoms with Gasteiger partial charge in [0.2, 0.25) is 0 Å². The van der Waals surface area contributed by atoms with E-state index in [9.17, 15) is 9.59 Å². The van der Waals surface area contributed by atoms with E-state index in [1.165, 1.54) is 0 Å². The van der Waals surface area contributed by atoms with Crippen molar-refractivity contribution in [3.63, 3.8) is 0 Å².